The molecule has 0 aliphatic carbocycles. The molecule has 2 aromatic rings. The topological polar surface area (TPSA) is 49.2 Å². The Hall–Kier alpha value is -2.98. The average Bonchev–Trinajstić information content (AvgIpc) is 3.25. The summed E-state index contributed by atoms with van der Waals surface area (Å²) < 4.78 is 16.3. The number of pyridine rings is 1. The van der Waals surface area contributed by atoms with E-state index in [0.29, 0.717) is 12.4 Å². The van der Waals surface area contributed by atoms with Crippen LogP contribution in [0.3, 0.4) is 0 Å². The number of fused-ring (bicyclic) bond motifs is 1. The van der Waals surface area contributed by atoms with Crippen molar-refractivity contribution in [3.05, 3.63) is 69.5 Å². The maximum Gasteiger partial charge on any atom is 0.533 e. The summed E-state index contributed by atoms with van der Waals surface area (Å²) in [5.41, 5.74) is 9.32. The van der Waals surface area contributed by atoms with Crippen LogP contribution >= 0.6 is 0 Å². The van der Waals surface area contributed by atoms with Crippen LogP contribution in [0.2, 0.25) is 0 Å². The molecule has 0 spiro atoms. The number of aromatic nitrogens is 3. The first-order chi connectivity index (χ1) is 12.5. The Labute approximate surface area is 151 Å². The Kier molecular flexibility index (Phi) is 3.85. The standard InChI is InChI=1S/C19H20FN6/c1-4-6-14-16(24-26(3)12-23-13(2)18(14)26)11-25-10-9-22-19(25)17-15(20)7-5-8-21-17/h5,7-10H,4,6,11H2,1-3H3/q+1. The highest BCUT2D eigenvalue weighted by Crippen LogP contribution is 2.46. The molecule has 2 aliphatic rings. The molecule has 4 rings (SSSR count). The highest BCUT2D eigenvalue weighted by atomic mass is 19.1. The Bertz CT molecular complexity index is 1010. The van der Waals surface area contributed by atoms with E-state index < -0.39 is 0 Å². The van der Waals surface area contributed by atoms with Gasteiger partial charge in [-0.25, -0.2) is 14.4 Å². The molecule has 1 atom stereocenters. The van der Waals surface area contributed by atoms with Crippen molar-refractivity contribution in [2.75, 3.05) is 7.05 Å². The lowest BCUT2D eigenvalue weighted by Crippen LogP contribution is -2.28. The highest BCUT2D eigenvalue weighted by molar-refractivity contribution is 5.52. The van der Waals surface area contributed by atoms with Gasteiger partial charge in [-0.2, -0.15) is 4.59 Å². The maximum atomic E-state index is 14.2. The SMILES string of the molecule is CCCC1=C(Cn2ccnc2-c2ncccc2F)[N-][N+]2(C)C#[N+]C(C)=C12. The normalized spacial score (nSPS) is 20.9. The van der Waals surface area contributed by atoms with E-state index in [9.17, 15) is 4.39 Å². The molecule has 0 bridgehead atoms. The van der Waals surface area contributed by atoms with Gasteiger partial charge < -0.3 is 9.99 Å². The fourth-order valence-electron chi connectivity index (χ4n) is 3.59. The van der Waals surface area contributed by atoms with Gasteiger partial charge in [0.15, 0.2) is 11.6 Å². The lowest BCUT2D eigenvalue weighted by Gasteiger charge is -2.28. The lowest BCUT2D eigenvalue weighted by molar-refractivity contribution is -0.753. The predicted octanol–water partition coefficient (Wildman–Crippen LogP) is 4.42. The minimum Gasteiger partial charge on any atom is -0.464 e. The number of allylic oxidation sites excluding steroid dienone is 3. The number of hydrogen-bond donors (Lipinski definition) is 0. The molecule has 0 saturated carbocycles. The Morgan fingerprint density at radius 2 is 2.19 bits per heavy atom. The van der Waals surface area contributed by atoms with Gasteiger partial charge in [-0.3, -0.25) is 0 Å². The molecule has 26 heavy (non-hydrogen) atoms. The molecule has 132 valence electrons. The van der Waals surface area contributed by atoms with E-state index in [-0.39, 0.29) is 16.1 Å². The van der Waals surface area contributed by atoms with Gasteiger partial charge in [0, 0.05) is 42.5 Å². The van der Waals surface area contributed by atoms with Gasteiger partial charge in [-0.05, 0) is 18.6 Å². The van der Waals surface area contributed by atoms with E-state index in [4.69, 9.17) is 5.43 Å². The van der Waals surface area contributed by atoms with E-state index in [1.807, 2.05) is 24.7 Å². The Balaban J connectivity index is 1.74. The third-order valence-electron chi connectivity index (χ3n) is 4.65. The number of quaternary nitrogens is 1. The van der Waals surface area contributed by atoms with Crippen LogP contribution in [0.5, 0.6) is 0 Å². The van der Waals surface area contributed by atoms with Gasteiger partial charge in [-0.15, -0.1) is 0 Å². The number of hydrogen-bond acceptors (Lipinski definition) is 2. The number of nitrogens with zero attached hydrogens (tertiary/aromatic N) is 6. The van der Waals surface area contributed by atoms with E-state index >= 15 is 0 Å². The number of halogens is 1. The molecule has 0 radical (unpaired) electrons. The summed E-state index contributed by atoms with van der Waals surface area (Å²) in [7, 11) is 1.98. The van der Waals surface area contributed by atoms with Crippen LogP contribution in [0.25, 0.3) is 21.8 Å². The molecule has 6 nitrogen and oxygen atoms in total. The summed E-state index contributed by atoms with van der Waals surface area (Å²) in [6, 6.07) is 2.97. The molecule has 2 aromatic heterocycles. The van der Waals surface area contributed by atoms with Crippen LogP contribution in [0.15, 0.2) is 53.4 Å². The summed E-state index contributed by atoms with van der Waals surface area (Å²) >= 11 is 0. The molecule has 1 unspecified atom stereocenters. The monoisotopic (exact) mass is 351 g/mol. The van der Waals surface area contributed by atoms with Crippen molar-refractivity contribution in [1.82, 2.24) is 14.5 Å². The second kappa shape index (κ2) is 6.07. The highest BCUT2D eigenvalue weighted by Gasteiger charge is 2.44. The van der Waals surface area contributed by atoms with Crippen LogP contribution < -0.4 is 0 Å². The fraction of sp³-hybridized carbons (Fsp3) is 0.316. The van der Waals surface area contributed by atoms with Crippen molar-refractivity contribution in [3.8, 4) is 17.7 Å². The van der Waals surface area contributed by atoms with Gasteiger partial charge >= 0.3 is 11.9 Å². The van der Waals surface area contributed by atoms with Crippen LogP contribution in [0.4, 0.5) is 4.39 Å². The summed E-state index contributed by atoms with van der Waals surface area (Å²) in [5, 5.41) is 0. The molecule has 0 amide bonds. The molecule has 4 heterocycles. The van der Waals surface area contributed by atoms with Gasteiger partial charge in [-0.1, -0.05) is 19.0 Å². The average molecular weight is 351 g/mol. The molecular formula is C19H20FN6+. The summed E-state index contributed by atoms with van der Waals surface area (Å²) in [5.74, 6) is 0.115. The second-order valence-electron chi connectivity index (χ2n) is 6.59. The van der Waals surface area contributed by atoms with E-state index in [1.165, 1.54) is 11.6 Å². The molecule has 0 saturated heterocycles. The van der Waals surface area contributed by atoms with Crippen LogP contribution in [0, 0.1) is 12.0 Å². The quantitative estimate of drug-likeness (QED) is 0.591. The van der Waals surface area contributed by atoms with Crippen molar-refractivity contribution < 1.29 is 8.98 Å². The Morgan fingerprint density at radius 3 is 2.96 bits per heavy atom. The molecular weight excluding hydrogens is 331 g/mol. The molecule has 0 fully saturated rings. The predicted molar refractivity (Wildman–Crippen MR) is 96.8 cm³/mol. The third-order valence-corrected chi connectivity index (χ3v) is 4.65. The number of imidazole rings is 1. The first kappa shape index (κ1) is 16.5. The molecule has 2 aliphatic heterocycles. The smallest absolute Gasteiger partial charge is 0.464 e. The van der Waals surface area contributed by atoms with Gasteiger partial charge in [0.2, 0.25) is 5.70 Å². The maximum absolute atomic E-state index is 14.2. The number of rotatable bonds is 5. The van der Waals surface area contributed by atoms with Crippen LogP contribution in [0.1, 0.15) is 26.7 Å². The van der Waals surface area contributed by atoms with Crippen molar-refractivity contribution in [1.29, 1.82) is 0 Å². The van der Waals surface area contributed by atoms with Crippen molar-refractivity contribution in [2.24, 2.45) is 0 Å². The minimum absolute atomic E-state index is 0.235. The largest absolute Gasteiger partial charge is 0.533 e. The third kappa shape index (κ3) is 2.50. The molecule has 0 N–H and O–H groups in total. The number of likely N-dealkylation sites (N-methyl/N-ethyl adjacent to an activating group) is 1. The second-order valence-corrected chi connectivity index (χ2v) is 6.59. The fourth-order valence-corrected chi connectivity index (χ4v) is 3.59. The van der Waals surface area contributed by atoms with Crippen molar-refractivity contribution in [2.45, 2.75) is 33.2 Å². The van der Waals surface area contributed by atoms with E-state index in [0.717, 1.165) is 29.9 Å². The van der Waals surface area contributed by atoms with Gasteiger partial charge in [0.05, 0.1) is 7.05 Å². The summed E-state index contributed by atoms with van der Waals surface area (Å²) in [6.45, 7) is 4.65. The summed E-state index contributed by atoms with van der Waals surface area (Å²) in [6.07, 6.45) is 10.1. The lowest BCUT2D eigenvalue weighted by atomic mass is 10.0. The zero-order valence-corrected chi connectivity index (χ0v) is 15.1. The summed E-state index contributed by atoms with van der Waals surface area (Å²) in [4.78, 5) is 12.8. The van der Waals surface area contributed by atoms with Gasteiger partial charge in [0.25, 0.3) is 0 Å². The van der Waals surface area contributed by atoms with Crippen LogP contribution in [-0.2, 0) is 6.54 Å². The van der Waals surface area contributed by atoms with Crippen molar-refractivity contribution >= 4 is 0 Å². The van der Waals surface area contributed by atoms with E-state index in [2.05, 4.69) is 27.9 Å². The van der Waals surface area contributed by atoms with Gasteiger partial charge in [0.1, 0.15) is 5.69 Å². The Morgan fingerprint density at radius 1 is 1.35 bits per heavy atom. The molecule has 0 aromatic carbocycles. The molecule has 7 heteroatoms. The van der Waals surface area contributed by atoms with Crippen LogP contribution in [-0.4, -0.2) is 26.2 Å². The minimum atomic E-state index is -0.385. The van der Waals surface area contributed by atoms with Crippen molar-refractivity contribution in [3.63, 3.8) is 0 Å². The first-order valence-electron chi connectivity index (χ1n) is 8.67. The zero-order valence-electron chi connectivity index (χ0n) is 15.1. The van der Waals surface area contributed by atoms with E-state index in [1.54, 1.807) is 18.5 Å². The zero-order chi connectivity index (χ0) is 18.3. The first-order valence-corrected chi connectivity index (χ1v) is 8.67.